The van der Waals surface area contributed by atoms with Crippen LogP contribution in [0.4, 0.5) is 0 Å². The Morgan fingerprint density at radius 1 is 0.756 bits per heavy atom. The van der Waals surface area contributed by atoms with Crippen LogP contribution in [0.25, 0.3) is 12.2 Å². The first-order valence-electron chi connectivity index (χ1n) is 15.2. The fourth-order valence-electron chi connectivity index (χ4n) is 5.58. The lowest BCUT2D eigenvalue weighted by Gasteiger charge is -2.14. The van der Waals surface area contributed by atoms with Crippen LogP contribution in [0.15, 0.2) is 42.5 Å². The third-order valence-electron chi connectivity index (χ3n) is 7.52. The number of carbonyl (C=O) groups excluding carboxylic acids is 2. The van der Waals surface area contributed by atoms with Crippen molar-refractivity contribution in [3.63, 3.8) is 0 Å². The molecule has 0 aliphatic carbocycles. The molecule has 0 fully saturated rings. The average Bonchev–Trinajstić information content (AvgIpc) is 3.25. The summed E-state index contributed by atoms with van der Waals surface area (Å²) in [5.74, 6) is -0.969. The van der Waals surface area contributed by atoms with E-state index >= 15 is 0 Å². The molecule has 0 saturated heterocycles. The summed E-state index contributed by atoms with van der Waals surface area (Å²) in [6.45, 7) is 13.2. The van der Waals surface area contributed by atoms with Crippen molar-refractivity contribution in [3.05, 3.63) is 92.8 Å². The van der Waals surface area contributed by atoms with Crippen molar-refractivity contribution in [1.29, 1.82) is 0 Å². The zero-order valence-electron chi connectivity index (χ0n) is 25.8. The van der Waals surface area contributed by atoms with E-state index in [1.165, 1.54) is 24.8 Å². The zero-order chi connectivity index (χ0) is 29.8. The smallest absolute Gasteiger partial charge is 0.355 e. The molecule has 0 unspecified atom stereocenters. The molecule has 0 N–H and O–H groups in total. The number of aromatic nitrogens is 1. The molecule has 1 heterocycles. The minimum Gasteiger partial charge on any atom is -0.462 e. The van der Waals surface area contributed by atoms with Crippen molar-refractivity contribution >= 4 is 24.1 Å². The van der Waals surface area contributed by atoms with E-state index in [1.807, 2.05) is 41.0 Å². The third kappa shape index (κ3) is 8.45. The predicted molar refractivity (Wildman–Crippen MR) is 169 cm³/mol. The SMILES string of the molecule is CCCCCCCCn1c(/C=C/c2ccccc2)c(Cc2c(C)cc(C)cc2C)c(C(=O)OCC)c1C(=O)OCC. The largest absolute Gasteiger partial charge is 0.462 e. The van der Waals surface area contributed by atoms with Crippen molar-refractivity contribution in [2.75, 3.05) is 13.2 Å². The van der Waals surface area contributed by atoms with Gasteiger partial charge in [0.2, 0.25) is 0 Å². The summed E-state index contributed by atoms with van der Waals surface area (Å²) in [7, 11) is 0. The molecule has 3 rings (SSSR count). The Morgan fingerprint density at radius 2 is 1.37 bits per heavy atom. The first-order valence-corrected chi connectivity index (χ1v) is 15.2. The van der Waals surface area contributed by atoms with Crippen molar-refractivity contribution in [2.24, 2.45) is 0 Å². The van der Waals surface area contributed by atoms with E-state index in [0.29, 0.717) is 24.2 Å². The van der Waals surface area contributed by atoms with Gasteiger partial charge >= 0.3 is 11.9 Å². The molecule has 0 aliphatic rings. The maximum Gasteiger partial charge on any atom is 0.355 e. The van der Waals surface area contributed by atoms with E-state index in [9.17, 15) is 9.59 Å². The number of esters is 2. The van der Waals surface area contributed by atoms with Gasteiger partial charge in [0.05, 0.1) is 18.8 Å². The Hall–Kier alpha value is -3.60. The van der Waals surface area contributed by atoms with Crippen LogP contribution >= 0.6 is 0 Å². The fraction of sp³-hybridized carbons (Fsp3) is 0.444. The Balaban J connectivity index is 2.26. The van der Waals surface area contributed by atoms with Crippen molar-refractivity contribution < 1.29 is 19.1 Å². The molecule has 5 heteroatoms. The van der Waals surface area contributed by atoms with E-state index in [0.717, 1.165) is 52.8 Å². The van der Waals surface area contributed by atoms with Gasteiger partial charge in [0.1, 0.15) is 5.69 Å². The number of aryl methyl sites for hydroxylation is 3. The number of nitrogens with zero attached hydrogens (tertiary/aromatic N) is 1. The lowest BCUT2D eigenvalue weighted by Crippen LogP contribution is -2.18. The van der Waals surface area contributed by atoms with Gasteiger partial charge in [-0.05, 0) is 74.9 Å². The van der Waals surface area contributed by atoms with Crippen molar-refractivity contribution in [1.82, 2.24) is 4.57 Å². The summed E-state index contributed by atoms with van der Waals surface area (Å²) in [5.41, 5.74) is 8.01. The van der Waals surface area contributed by atoms with Crippen LogP contribution in [0.3, 0.4) is 0 Å². The van der Waals surface area contributed by atoms with Gasteiger partial charge in [-0.1, -0.05) is 93.1 Å². The van der Waals surface area contributed by atoms with E-state index in [1.54, 1.807) is 13.8 Å². The van der Waals surface area contributed by atoms with E-state index < -0.39 is 11.9 Å². The summed E-state index contributed by atoms with van der Waals surface area (Å²) >= 11 is 0. The molecule has 0 aliphatic heterocycles. The molecule has 2 aromatic carbocycles. The minimum atomic E-state index is -0.487. The number of hydrogen-bond donors (Lipinski definition) is 0. The molecule has 5 nitrogen and oxygen atoms in total. The van der Waals surface area contributed by atoms with Gasteiger partial charge < -0.3 is 14.0 Å². The normalized spacial score (nSPS) is 11.3. The monoisotopic (exact) mass is 557 g/mol. The number of rotatable bonds is 15. The molecule has 41 heavy (non-hydrogen) atoms. The third-order valence-corrected chi connectivity index (χ3v) is 7.52. The van der Waals surface area contributed by atoms with E-state index in [4.69, 9.17) is 9.47 Å². The van der Waals surface area contributed by atoms with Crippen molar-refractivity contribution in [2.45, 2.75) is 93.0 Å². The molecule has 1 aromatic heterocycles. The van der Waals surface area contributed by atoms with Crippen LogP contribution in [0.2, 0.25) is 0 Å². The van der Waals surface area contributed by atoms with Gasteiger partial charge in [-0.15, -0.1) is 0 Å². The lowest BCUT2D eigenvalue weighted by atomic mass is 9.92. The molecular formula is C36H47NO4. The van der Waals surface area contributed by atoms with E-state index in [2.05, 4.69) is 45.9 Å². The molecule has 0 atom stereocenters. The first kappa shape index (κ1) is 31.9. The second kappa shape index (κ2) is 16.0. The molecule has 0 radical (unpaired) electrons. The summed E-state index contributed by atoms with van der Waals surface area (Å²) in [6, 6.07) is 14.4. The Morgan fingerprint density at radius 3 is 2.00 bits per heavy atom. The van der Waals surface area contributed by atoms with Crippen LogP contribution < -0.4 is 0 Å². The molecule has 0 amide bonds. The van der Waals surface area contributed by atoms with Gasteiger partial charge in [-0.2, -0.15) is 0 Å². The van der Waals surface area contributed by atoms with Crippen molar-refractivity contribution in [3.8, 4) is 0 Å². The maximum absolute atomic E-state index is 13.6. The Bertz CT molecular complexity index is 1310. The first-order chi connectivity index (χ1) is 19.8. The Kier molecular flexibility index (Phi) is 12.5. The van der Waals surface area contributed by atoms with Gasteiger partial charge in [0, 0.05) is 18.7 Å². The van der Waals surface area contributed by atoms with E-state index in [-0.39, 0.29) is 13.2 Å². The lowest BCUT2D eigenvalue weighted by molar-refractivity contribution is 0.0469. The molecule has 0 spiro atoms. The average molecular weight is 558 g/mol. The molecule has 0 saturated carbocycles. The summed E-state index contributed by atoms with van der Waals surface area (Å²) in [5, 5.41) is 0. The fourth-order valence-corrected chi connectivity index (χ4v) is 5.58. The maximum atomic E-state index is 13.6. The number of unbranched alkanes of at least 4 members (excludes halogenated alkanes) is 5. The second-order valence-electron chi connectivity index (χ2n) is 10.7. The summed E-state index contributed by atoms with van der Waals surface area (Å²) < 4.78 is 13.1. The standard InChI is InChI=1S/C36H47NO4/c1-7-10-11-12-13-17-22-37-32(21-20-29-18-15-14-16-19-29)31(25-30-27(5)23-26(4)24-28(30)6)33(35(38)40-8-2)34(37)36(39)41-9-3/h14-16,18-21,23-24H,7-13,17,22,25H2,1-6H3/b21-20+. The number of carbonyl (C=O) groups is 2. The molecular weight excluding hydrogens is 510 g/mol. The Labute approximate surface area is 246 Å². The van der Waals surface area contributed by atoms with Crippen LogP contribution in [0.5, 0.6) is 0 Å². The highest BCUT2D eigenvalue weighted by molar-refractivity contribution is 6.05. The quantitative estimate of drug-likeness (QED) is 0.138. The second-order valence-corrected chi connectivity index (χ2v) is 10.7. The number of ether oxygens (including phenoxy) is 2. The number of hydrogen-bond acceptors (Lipinski definition) is 4. The van der Waals surface area contributed by atoms with Gasteiger partial charge in [0.25, 0.3) is 0 Å². The van der Waals surface area contributed by atoms with Crippen LogP contribution in [-0.2, 0) is 22.4 Å². The highest BCUT2D eigenvalue weighted by atomic mass is 16.5. The molecule has 0 bridgehead atoms. The highest BCUT2D eigenvalue weighted by Gasteiger charge is 2.32. The summed E-state index contributed by atoms with van der Waals surface area (Å²) in [4.78, 5) is 27.2. The van der Waals surface area contributed by atoms with Gasteiger partial charge in [-0.25, -0.2) is 9.59 Å². The summed E-state index contributed by atoms with van der Waals surface area (Å²) in [6.07, 6.45) is 11.4. The van der Waals surface area contributed by atoms with Crippen LogP contribution in [0, 0.1) is 20.8 Å². The van der Waals surface area contributed by atoms with Crippen LogP contribution in [0.1, 0.15) is 119 Å². The predicted octanol–water partition coefficient (Wildman–Crippen LogP) is 8.89. The van der Waals surface area contributed by atoms with Crippen LogP contribution in [-0.4, -0.2) is 29.7 Å². The molecule has 220 valence electrons. The molecule has 3 aromatic rings. The van der Waals surface area contributed by atoms with Gasteiger partial charge in [-0.3, -0.25) is 0 Å². The highest BCUT2D eigenvalue weighted by Crippen LogP contribution is 2.32. The number of benzene rings is 2. The zero-order valence-corrected chi connectivity index (χ0v) is 25.8. The topological polar surface area (TPSA) is 57.5 Å². The minimum absolute atomic E-state index is 0.223. The van der Waals surface area contributed by atoms with Gasteiger partial charge in [0.15, 0.2) is 0 Å².